The van der Waals surface area contributed by atoms with Crippen LogP contribution in [0.5, 0.6) is 0 Å². The van der Waals surface area contributed by atoms with Crippen molar-refractivity contribution in [3.63, 3.8) is 0 Å². The predicted molar refractivity (Wildman–Crippen MR) is 57.3 cm³/mol. The molecule has 0 aliphatic carbocycles. The first kappa shape index (κ1) is 9.80. The lowest BCUT2D eigenvalue weighted by Crippen LogP contribution is -2.51. The quantitative estimate of drug-likeness (QED) is 0.633. The summed E-state index contributed by atoms with van der Waals surface area (Å²) in [7, 11) is 0. The van der Waals surface area contributed by atoms with E-state index in [2.05, 4.69) is 21.8 Å². The van der Waals surface area contributed by atoms with Gasteiger partial charge in [-0.1, -0.05) is 0 Å². The summed E-state index contributed by atoms with van der Waals surface area (Å²) < 4.78 is 1.63. The van der Waals surface area contributed by atoms with Crippen molar-refractivity contribution in [1.82, 2.24) is 15.1 Å². The van der Waals surface area contributed by atoms with Gasteiger partial charge in [0.15, 0.2) is 5.82 Å². The number of hydrogen-bond acceptors (Lipinski definition) is 5. The van der Waals surface area contributed by atoms with Gasteiger partial charge in [0.25, 0.3) is 0 Å². The van der Waals surface area contributed by atoms with Crippen molar-refractivity contribution in [2.75, 3.05) is 24.1 Å². The minimum atomic E-state index is 0.358. The molecule has 6 nitrogen and oxygen atoms in total. The number of aryl methyl sites for hydroxylation is 1. The summed E-state index contributed by atoms with van der Waals surface area (Å²) in [5, 5.41) is 19.6. The lowest BCUT2D eigenvalue weighted by Gasteiger charge is -2.27. The van der Waals surface area contributed by atoms with Gasteiger partial charge in [0.1, 0.15) is 17.5 Å². The fourth-order valence-electron chi connectivity index (χ4n) is 1.51. The van der Waals surface area contributed by atoms with Crippen LogP contribution < -0.4 is 16.4 Å². The van der Waals surface area contributed by atoms with Crippen molar-refractivity contribution in [3.8, 4) is 6.07 Å². The first-order chi connectivity index (χ1) is 7.26. The number of aromatic nitrogens is 2. The number of nitrogens with two attached hydrogens (primary N) is 1. The summed E-state index contributed by atoms with van der Waals surface area (Å²) in [6.07, 6.45) is 0. The van der Waals surface area contributed by atoms with Crippen LogP contribution in [-0.4, -0.2) is 28.9 Å². The van der Waals surface area contributed by atoms with E-state index < -0.39 is 0 Å². The molecule has 0 saturated carbocycles. The van der Waals surface area contributed by atoms with Crippen molar-refractivity contribution in [1.29, 1.82) is 5.26 Å². The lowest BCUT2D eigenvalue weighted by atomic mass is 10.2. The monoisotopic (exact) mass is 206 g/mol. The van der Waals surface area contributed by atoms with Crippen LogP contribution in [0.1, 0.15) is 12.5 Å². The maximum absolute atomic E-state index is 8.97. The zero-order valence-electron chi connectivity index (χ0n) is 8.62. The normalized spacial score (nSPS) is 15.7. The van der Waals surface area contributed by atoms with Crippen LogP contribution >= 0.6 is 0 Å². The molecular formula is C9H14N6. The Morgan fingerprint density at radius 3 is 2.93 bits per heavy atom. The molecule has 4 N–H and O–H groups in total. The maximum atomic E-state index is 8.97. The van der Waals surface area contributed by atoms with Crippen molar-refractivity contribution in [2.45, 2.75) is 19.5 Å². The van der Waals surface area contributed by atoms with Crippen LogP contribution in [0.25, 0.3) is 0 Å². The Morgan fingerprint density at radius 2 is 2.47 bits per heavy atom. The van der Waals surface area contributed by atoms with Crippen molar-refractivity contribution in [3.05, 3.63) is 5.56 Å². The molecule has 1 aromatic rings. The standard InChI is InChI=1S/C9H14N6/c1-2-15-8(11)7(3-10)9(14-15)13-6-4-12-5-6/h6,12H,2,4-5,11H2,1H3,(H,13,14). The minimum Gasteiger partial charge on any atom is -0.383 e. The number of nitrogens with one attached hydrogen (secondary N) is 2. The largest absolute Gasteiger partial charge is 0.383 e. The average molecular weight is 206 g/mol. The molecule has 0 unspecified atom stereocenters. The van der Waals surface area contributed by atoms with Crippen LogP contribution in [-0.2, 0) is 6.54 Å². The molecule has 1 fully saturated rings. The second-order valence-corrected chi connectivity index (χ2v) is 3.54. The van der Waals surface area contributed by atoms with E-state index in [1.807, 2.05) is 6.92 Å². The Labute approximate surface area is 88.1 Å². The summed E-state index contributed by atoms with van der Waals surface area (Å²) in [6.45, 7) is 4.43. The van der Waals surface area contributed by atoms with Gasteiger partial charge in [-0.2, -0.15) is 10.4 Å². The van der Waals surface area contributed by atoms with Crippen LogP contribution in [0.2, 0.25) is 0 Å². The smallest absolute Gasteiger partial charge is 0.168 e. The topological polar surface area (TPSA) is 91.7 Å². The van der Waals surface area contributed by atoms with Gasteiger partial charge < -0.3 is 16.4 Å². The highest BCUT2D eigenvalue weighted by Crippen LogP contribution is 2.21. The average Bonchev–Trinajstić information content (AvgIpc) is 2.48. The third-order valence-electron chi connectivity index (χ3n) is 2.53. The van der Waals surface area contributed by atoms with Crippen LogP contribution in [0.4, 0.5) is 11.6 Å². The molecule has 15 heavy (non-hydrogen) atoms. The number of anilines is 2. The van der Waals surface area contributed by atoms with E-state index in [0.717, 1.165) is 13.1 Å². The molecule has 0 bridgehead atoms. The van der Waals surface area contributed by atoms with E-state index in [9.17, 15) is 0 Å². The Bertz CT molecular complexity index is 397. The van der Waals surface area contributed by atoms with E-state index >= 15 is 0 Å². The molecule has 2 rings (SSSR count). The molecule has 6 heteroatoms. The second-order valence-electron chi connectivity index (χ2n) is 3.54. The number of nitrogens with zero attached hydrogens (tertiary/aromatic N) is 3. The molecule has 80 valence electrons. The maximum Gasteiger partial charge on any atom is 0.168 e. The van der Waals surface area contributed by atoms with Crippen LogP contribution in [0, 0.1) is 11.3 Å². The Kier molecular flexibility index (Phi) is 2.47. The van der Waals surface area contributed by atoms with Crippen molar-refractivity contribution >= 4 is 11.6 Å². The Morgan fingerprint density at radius 1 is 1.73 bits per heavy atom. The molecule has 2 heterocycles. The number of nitriles is 1. The summed E-state index contributed by atoms with van der Waals surface area (Å²) in [5.41, 5.74) is 6.23. The number of hydrogen-bond donors (Lipinski definition) is 3. The van der Waals surface area contributed by atoms with Gasteiger partial charge >= 0.3 is 0 Å². The Hall–Kier alpha value is -1.74. The van der Waals surface area contributed by atoms with E-state index in [1.54, 1.807) is 4.68 Å². The zero-order chi connectivity index (χ0) is 10.8. The molecule has 1 saturated heterocycles. The predicted octanol–water partition coefficient (Wildman–Crippen LogP) is -0.259. The molecule has 1 aromatic heterocycles. The molecule has 0 spiro atoms. The van der Waals surface area contributed by atoms with Crippen LogP contribution in [0.3, 0.4) is 0 Å². The third-order valence-corrected chi connectivity index (χ3v) is 2.53. The highest BCUT2D eigenvalue weighted by Gasteiger charge is 2.21. The SMILES string of the molecule is CCn1nc(NC2CNC2)c(C#N)c1N. The first-order valence-electron chi connectivity index (χ1n) is 5.00. The summed E-state index contributed by atoms with van der Waals surface area (Å²) in [6, 6.07) is 2.44. The van der Waals surface area contributed by atoms with Gasteiger partial charge in [0.05, 0.1) is 6.04 Å². The fourth-order valence-corrected chi connectivity index (χ4v) is 1.51. The van der Waals surface area contributed by atoms with Gasteiger partial charge in [-0.05, 0) is 6.92 Å². The summed E-state index contributed by atoms with van der Waals surface area (Å²) >= 11 is 0. The summed E-state index contributed by atoms with van der Waals surface area (Å²) in [5.74, 6) is 1.04. The van der Waals surface area contributed by atoms with Gasteiger partial charge in [-0.15, -0.1) is 0 Å². The van der Waals surface area contributed by atoms with Gasteiger partial charge in [-0.3, -0.25) is 0 Å². The minimum absolute atomic E-state index is 0.358. The third kappa shape index (κ3) is 1.62. The molecule has 0 amide bonds. The van der Waals surface area contributed by atoms with E-state index in [-0.39, 0.29) is 0 Å². The van der Waals surface area contributed by atoms with Crippen molar-refractivity contribution in [2.24, 2.45) is 0 Å². The molecule has 1 aliphatic rings. The van der Waals surface area contributed by atoms with Crippen molar-refractivity contribution < 1.29 is 0 Å². The van der Waals surface area contributed by atoms with Gasteiger partial charge in [0, 0.05) is 19.6 Å². The molecule has 0 atom stereocenters. The van der Waals surface area contributed by atoms with Crippen LogP contribution in [0.15, 0.2) is 0 Å². The molecule has 0 radical (unpaired) electrons. The molecule has 0 aromatic carbocycles. The fraction of sp³-hybridized carbons (Fsp3) is 0.556. The first-order valence-corrected chi connectivity index (χ1v) is 5.00. The van der Waals surface area contributed by atoms with E-state index in [1.165, 1.54) is 0 Å². The number of nitrogen functional groups attached to an aromatic ring is 1. The zero-order valence-corrected chi connectivity index (χ0v) is 8.62. The molecule has 1 aliphatic heterocycles. The lowest BCUT2D eigenvalue weighted by molar-refractivity contribution is 0.470. The van der Waals surface area contributed by atoms with E-state index in [0.29, 0.717) is 29.8 Å². The van der Waals surface area contributed by atoms with Gasteiger partial charge in [0.2, 0.25) is 0 Å². The Balaban J connectivity index is 2.25. The summed E-state index contributed by atoms with van der Waals surface area (Å²) in [4.78, 5) is 0. The second kappa shape index (κ2) is 3.79. The highest BCUT2D eigenvalue weighted by atomic mass is 15.3. The highest BCUT2D eigenvalue weighted by molar-refractivity contribution is 5.64. The molecular weight excluding hydrogens is 192 g/mol. The number of rotatable bonds is 3. The van der Waals surface area contributed by atoms with Gasteiger partial charge in [-0.25, -0.2) is 4.68 Å². The van der Waals surface area contributed by atoms with E-state index in [4.69, 9.17) is 11.0 Å².